The molecule has 0 fully saturated rings. The van der Waals surface area contributed by atoms with Crippen LogP contribution in [0.2, 0.25) is 0 Å². The van der Waals surface area contributed by atoms with Crippen molar-refractivity contribution >= 4 is 23.2 Å². The molecule has 0 aliphatic heterocycles. The number of hydrogen-bond donors (Lipinski definition) is 2. The van der Waals surface area contributed by atoms with Crippen LogP contribution in [0.15, 0.2) is 54.6 Å². The van der Waals surface area contributed by atoms with Crippen LogP contribution in [-0.4, -0.2) is 22.8 Å². The first-order valence-electron chi connectivity index (χ1n) is 9.42. The van der Waals surface area contributed by atoms with Crippen molar-refractivity contribution in [3.8, 4) is 10.6 Å². The molecule has 2 amide bonds. The number of alkyl halides is 3. The van der Waals surface area contributed by atoms with Gasteiger partial charge in [-0.05, 0) is 31.5 Å². The third-order valence-corrected chi connectivity index (χ3v) is 5.72. The van der Waals surface area contributed by atoms with Crippen molar-refractivity contribution < 1.29 is 22.8 Å². The zero-order valence-electron chi connectivity index (χ0n) is 16.8. The van der Waals surface area contributed by atoms with Gasteiger partial charge in [0.05, 0.1) is 11.3 Å². The number of aryl methyl sites for hydroxylation is 1. The van der Waals surface area contributed by atoms with E-state index >= 15 is 0 Å². The molecule has 3 aromatic rings. The van der Waals surface area contributed by atoms with Crippen molar-refractivity contribution in [2.24, 2.45) is 0 Å². The van der Waals surface area contributed by atoms with Gasteiger partial charge in [0.1, 0.15) is 15.9 Å². The third kappa shape index (κ3) is 5.69. The maximum Gasteiger partial charge on any atom is 0.416 e. The van der Waals surface area contributed by atoms with E-state index in [2.05, 4.69) is 15.6 Å². The normalized spacial score (nSPS) is 12.3. The molecule has 1 atom stereocenters. The molecule has 0 saturated heterocycles. The van der Waals surface area contributed by atoms with Crippen LogP contribution in [0, 0.1) is 6.92 Å². The average Bonchev–Trinajstić information content (AvgIpc) is 3.14. The Morgan fingerprint density at radius 3 is 2.32 bits per heavy atom. The predicted molar refractivity (Wildman–Crippen MR) is 113 cm³/mol. The van der Waals surface area contributed by atoms with Gasteiger partial charge in [-0.3, -0.25) is 9.59 Å². The molecule has 0 radical (unpaired) electrons. The minimum absolute atomic E-state index is 0.303. The lowest BCUT2D eigenvalue weighted by molar-refractivity contribution is -0.137. The number of amides is 2. The molecule has 3 rings (SSSR count). The zero-order chi connectivity index (χ0) is 22.6. The van der Waals surface area contributed by atoms with Crippen LogP contribution in [0.25, 0.3) is 10.6 Å². The summed E-state index contributed by atoms with van der Waals surface area (Å²) < 4.78 is 38.2. The number of rotatable bonds is 6. The Bertz CT molecular complexity index is 1060. The number of nitrogens with one attached hydrogen (secondary N) is 2. The quantitative estimate of drug-likeness (QED) is 0.582. The molecule has 162 valence electrons. The fourth-order valence-electron chi connectivity index (χ4n) is 2.80. The summed E-state index contributed by atoms with van der Waals surface area (Å²) in [4.78, 5) is 29.5. The molecule has 2 aromatic carbocycles. The highest BCUT2D eigenvalue weighted by atomic mass is 32.1. The topological polar surface area (TPSA) is 71.1 Å². The summed E-state index contributed by atoms with van der Waals surface area (Å²) in [7, 11) is 0. The van der Waals surface area contributed by atoms with E-state index in [0.29, 0.717) is 27.7 Å². The van der Waals surface area contributed by atoms with Crippen molar-refractivity contribution in [1.29, 1.82) is 0 Å². The summed E-state index contributed by atoms with van der Waals surface area (Å²) in [5.41, 5.74) is 1.11. The fraction of sp³-hybridized carbons (Fsp3) is 0.227. The van der Waals surface area contributed by atoms with Gasteiger partial charge >= 0.3 is 6.18 Å². The molecular formula is C22H20F3N3O2S. The maximum absolute atomic E-state index is 12.7. The monoisotopic (exact) mass is 447 g/mol. The summed E-state index contributed by atoms with van der Waals surface area (Å²) in [6.45, 7) is 3.56. The Morgan fingerprint density at radius 1 is 1.06 bits per heavy atom. The molecule has 1 unspecified atom stereocenters. The molecule has 5 nitrogen and oxygen atoms in total. The number of hydrogen-bond acceptors (Lipinski definition) is 4. The van der Waals surface area contributed by atoms with Crippen molar-refractivity contribution in [2.75, 3.05) is 0 Å². The van der Waals surface area contributed by atoms with E-state index in [1.54, 1.807) is 13.8 Å². The molecule has 1 heterocycles. The van der Waals surface area contributed by atoms with Crippen molar-refractivity contribution in [3.05, 3.63) is 76.3 Å². The van der Waals surface area contributed by atoms with Crippen molar-refractivity contribution in [1.82, 2.24) is 15.6 Å². The first-order valence-corrected chi connectivity index (χ1v) is 10.2. The highest BCUT2D eigenvalue weighted by Crippen LogP contribution is 2.33. The van der Waals surface area contributed by atoms with Crippen LogP contribution >= 0.6 is 11.3 Å². The largest absolute Gasteiger partial charge is 0.416 e. The van der Waals surface area contributed by atoms with Crippen LogP contribution in [0.1, 0.15) is 33.4 Å². The number of nitrogens with zero attached hydrogens (tertiary/aromatic N) is 1. The first-order chi connectivity index (χ1) is 14.6. The van der Waals surface area contributed by atoms with Gasteiger partial charge in [0, 0.05) is 12.1 Å². The second-order valence-electron chi connectivity index (χ2n) is 6.91. The molecule has 9 heteroatoms. The summed E-state index contributed by atoms with van der Waals surface area (Å²) in [6.07, 6.45) is -4.42. The van der Waals surface area contributed by atoms with Gasteiger partial charge in [-0.2, -0.15) is 13.2 Å². The smallest absolute Gasteiger partial charge is 0.350 e. The lowest BCUT2D eigenvalue weighted by atomic mass is 10.1. The van der Waals surface area contributed by atoms with Gasteiger partial charge in [-0.1, -0.05) is 42.5 Å². The lowest BCUT2D eigenvalue weighted by Crippen LogP contribution is -2.44. The first kappa shape index (κ1) is 22.5. The number of halogens is 3. The molecule has 1 aromatic heterocycles. The zero-order valence-corrected chi connectivity index (χ0v) is 17.6. The molecule has 0 bridgehead atoms. The highest BCUT2D eigenvalue weighted by molar-refractivity contribution is 7.17. The summed E-state index contributed by atoms with van der Waals surface area (Å²) in [5, 5.41) is 5.83. The number of thiazole rings is 1. The minimum Gasteiger partial charge on any atom is -0.350 e. The Balaban J connectivity index is 1.64. The lowest BCUT2D eigenvalue weighted by Gasteiger charge is -2.13. The number of carbonyl (C=O) groups excluding carboxylic acids is 2. The Kier molecular flexibility index (Phi) is 6.74. The van der Waals surface area contributed by atoms with Gasteiger partial charge in [-0.15, -0.1) is 11.3 Å². The molecule has 0 aliphatic carbocycles. The van der Waals surface area contributed by atoms with Gasteiger partial charge in [0.15, 0.2) is 0 Å². The molecule has 0 aliphatic rings. The summed E-state index contributed by atoms with van der Waals surface area (Å²) in [6, 6.07) is 13.2. The molecule has 2 N–H and O–H groups in total. The SMILES string of the molecule is Cc1nc(-c2ccc(C(F)(F)F)cc2)sc1C(=O)NC(C)C(=O)NCc1ccccc1. The highest BCUT2D eigenvalue weighted by Gasteiger charge is 2.30. The standard InChI is InChI=1S/C22H20F3N3O2S/c1-13-18(31-21(28-13)16-8-10-17(11-9-16)22(23,24)25)20(30)27-14(2)19(29)26-12-15-6-4-3-5-7-15/h3-11,14H,12H2,1-2H3,(H,26,29)(H,27,30). The second kappa shape index (κ2) is 9.30. The number of aromatic nitrogens is 1. The fourth-order valence-corrected chi connectivity index (χ4v) is 3.77. The Hall–Kier alpha value is -3.20. The minimum atomic E-state index is -4.42. The van der Waals surface area contributed by atoms with Crippen molar-refractivity contribution in [2.45, 2.75) is 32.6 Å². The molecular weight excluding hydrogens is 427 g/mol. The van der Waals surface area contributed by atoms with E-state index in [1.165, 1.54) is 12.1 Å². The van der Waals surface area contributed by atoms with E-state index < -0.39 is 23.7 Å². The summed E-state index contributed by atoms with van der Waals surface area (Å²) in [5.74, 6) is -0.794. The van der Waals surface area contributed by atoms with E-state index in [0.717, 1.165) is 29.0 Å². The van der Waals surface area contributed by atoms with Gasteiger partial charge < -0.3 is 10.6 Å². The van der Waals surface area contributed by atoms with Crippen molar-refractivity contribution in [3.63, 3.8) is 0 Å². The average molecular weight is 447 g/mol. The predicted octanol–water partition coefficient (Wildman–Crippen LogP) is 4.57. The van der Waals surface area contributed by atoms with E-state index in [4.69, 9.17) is 0 Å². The van der Waals surface area contributed by atoms with E-state index in [-0.39, 0.29) is 5.91 Å². The Morgan fingerprint density at radius 2 is 1.71 bits per heavy atom. The maximum atomic E-state index is 12.7. The van der Waals surface area contributed by atoms with Crippen LogP contribution < -0.4 is 10.6 Å². The molecule has 0 spiro atoms. The molecule has 0 saturated carbocycles. The Labute approximate surface area is 181 Å². The summed E-state index contributed by atoms with van der Waals surface area (Å²) >= 11 is 1.06. The third-order valence-electron chi connectivity index (χ3n) is 4.51. The number of benzene rings is 2. The van der Waals surface area contributed by atoms with E-state index in [1.807, 2.05) is 30.3 Å². The van der Waals surface area contributed by atoms with Crippen LogP contribution in [0.5, 0.6) is 0 Å². The van der Waals surface area contributed by atoms with E-state index in [9.17, 15) is 22.8 Å². The van der Waals surface area contributed by atoms with Gasteiger partial charge in [0.25, 0.3) is 5.91 Å². The number of carbonyl (C=O) groups is 2. The van der Waals surface area contributed by atoms with Crippen LogP contribution in [0.4, 0.5) is 13.2 Å². The molecule has 31 heavy (non-hydrogen) atoms. The van der Waals surface area contributed by atoms with Crippen LogP contribution in [-0.2, 0) is 17.5 Å². The van der Waals surface area contributed by atoms with Gasteiger partial charge in [-0.25, -0.2) is 4.98 Å². The van der Waals surface area contributed by atoms with Gasteiger partial charge in [0.2, 0.25) is 5.91 Å². The second-order valence-corrected chi connectivity index (χ2v) is 7.91. The van der Waals surface area contributed by atoms with Crippen LogP contribution in [0.3, 0.4) is 0 Å².